The Kier molecular flexibility index (Phi) is 5.17. The molecule has 3 rings (SSSR count). The molecule has 0 aliphatic rings. The molecule has 1 amide bonds. The summed E-state index contributed by atoms with van der Waals surface area (Å²) < 4.78 is 78.9. The van der Waals surface area contributed by atoms with Crippen LogP contribution in [0.5, 0.6) is 0 Å². The molecule has 1 aromatic carbocycles. The van der Waals surface area contributed by atoms with Crippen molar-refractivity contribution in [1.82, 2.24) is 19.7 Å². The van der Waals surface area contributed by atoms with Crippen molar-refractivity contribution in [3.63, 3.8) is 0 Å². The molecule has 0 spiro atoms. The van der Waals surface area contributed by atoms with Gasteiger partial charge in [0, 0.05) is 23.3 Å². The molecule has 0 atom stereocenters. The van der Waals surface area contributed by atoms with Gasteiger partial charge in [-0.3, -0.25) is 4.79 Å². The second kappa shape index (κ2) is 7.31. The first-order valence-electron chi connectivity index (χ1n) is 7.57. The van der Waals surface area contributed by atoms with Gasteiger partial charge in [0.25, 0.3) is 5.91 Å². The predicted octanol–water partition coefficient (Wildman–Crippen LogP) is 3.92. The zero-order valence-corrected chi connectivity index (χ0v) is 14.8. The van der Waals surface area contributed by atoms with E-state index in [-0.39, 0.29) is 16.6 Å². The van der Waals surface area contributed by atoms with Crippen LogP contribution in [0.4, 0.5) is 26.3 Å². The van der Waals surface area contributed by atoms with E-state index in [1.165, 1.54) is 6.20 Å². The Morgan fingerprint density at radius 1 is 1.03 bits per heavy atom. The van der Waals surface area contributed by atoms with Gasteiger partial charge in [-0.2, -0.15) is 26.3 Å². The summed E-state index contributed by atoms with van der Waals surface area (Å²) in [6, 6.07) is 1.02. The van der Waals surface area contributed by atoms with Crippen LogP contribution in [0, 0.1) is 0 Å². The van der Waals surface area contributed by atoms with E-state index < -0.39 is 40.8 Å². The topological polar surface area (TPSA) is 86.7 Å². The van der Waals surface area contributed by atoms with E-state index in [2.05, 4.69) is 15.1 Å². The van der Waals surface area contributed by atoms with Crippen LogP contribution in [0.25, 0.3) is 23.2 Å². The van der Waals surface area contributed by atoms with Crippen molar-refractivity contribution in [3.8, 4) is 11.4 Å². The first-order valence-corrected chi connectivity index (χ1v) is 8.45. The van der Waals surface area contributed by atoms with E-state index in [0.29, 0.717) is 12.1 Å². The molecule has 0 fully saturated rings. The van der Waals surface area contributed by atoms with Crippen molar-refractivity contribution in [1.29, 1.82) is 0 Å². The largest absolute Gasteiger partial charge is 0.416 e. The van der Waals surface area contributed by atoms with Crippen molar-refractivity contribution in [3.05, 3.63) is 52.2 Å². The Balaban J connectivity index is 2.06. The predicted molar refractivity (Wildman–Crippen MR) is 90.9 cm³/mol. The number of thiazole rings is 1. The first kappa shape index (κ1) is 20.5. The Labute approximate surface area is 162 Å². The number of nitrogens with two attached hydrogens (primary N) is 1. The SMILES string of the molecule is NC(=O)/C(=C/n1cnc(-c2cc(C(F)(F)F)cc(C(F)(F)F)c2)n1)c1nccs1. The van der Waals surface area contributed by atoms with E-state index >= 15 is 0 Å². The third-order valence-electron chi connectivity index (χ3n) is 3.54. The van der Waals surface area contributed by atoms with Crippen molar-refractivity contribution in [2.45, 2.75) is 12.4 Å². The van der Waals surface area contributed by atoms with Crippen molar-refractivity contribution < 1.29 is 31.1 Å². The molecule has 0 unspecified atom stereocenters. The zero-order valence-electron chi connectivity index (χ0n) is 14.0. The standard InChI is InChI=1S/C16H9F6N5OS/c17-15(18,19)9-3-8(4-10(5-9)16(20,21)22)13-25-7-27(26-13)6-11(12(23)28)14-24-1-2-29-14/h1-7H,(H2,23,28)/b11-6-. The molecule has 152 valence electrons. The van der Waals surface area contributed by atoms with Gasteiger partial charge in [-0.1, -0.05) is 0 Å². The minimum absolute atomic E-state index is 0.00799. The average Bonchev–Trinajstić information content (AvgIpc) is 3.29. The summed E-state index contributed by atoms with van der Waals surface area (Å²) in [6.07, 6.45) is -6.44. The number of carbonyl (C=O) groups is 1. The van der Waals surface area contributed by atoms with Crippen LogP contribution in [0.2, 0.25) is 0 Å². The van der Waals surface area contributed by atoms with Gasteiger partial charge in [0.05, 0.1) is 16.7 Å². The van der Waals surface area contributed by atoms with Crippen LogP contribution in [-0.4, -0.2) is 25.7 Å². The second-order valence-corrected chi connectivity index (χ2v) is 6.48. The molecule has 0 bridgehead atoms. The molecule has 13 heteroatoms. The van der Waals surface area contributed by atoms with Crippen LogP contribution in [-0.2, 0) is 17.1 Å². The molecule has 0 radical (unpaired) electrons. The highest BCUT2D eigenvalue weighted by atomic mass is 32.1. The highest BCUT2D eigenvalue weighted by Gasteiger charge is 2.37. The number of primary amides is 1. The van der Waals surface area contributed by atoms with Gasteiger partial charge >= 0.3 is 12.4 Å². The Morgan fingerprint density at radius 2 is 1.66 bits per heavy atom. The van der Waals surface area contributed by atoms with Crippen molar-refractivity contribution >= 4 is 29.0 Å². The van der Waals surface area contributed by atoms with E-state index in [0.717, 1.165) is 28.5 Å². The number of hydrogen-bond donors (Lipinski definition) is 1. The lowest BCUT2D eigenvalue weighted by Crippen LogP contribution is -2.13. The third-order valence-corrected chi connectivity index (χ3v) is 4.35. The number of aromatic nitrogens is 4. The fourth-order valence-electron chi connectivity index (χ4n) is 2.27. The first-order chi connectivity index (χ1) is 13.4. The van der Waals surface area contributed by atoms with E-state index in [1.54, 1.807) is 5.38 Å². The molecule has 2 N–H and O–H groups in total. The fraction of sp³-hybridized carbons (Fsp3) is 0.125. The van der Waals surface area contributed by atoms with Crippen molar-refractivity contribution in [2.24, 2.45) is 5.73 Å². The van der Waals surface area contributed by atoms with Crippen LogP contribution >= 0.6 is 11.3 Å². The quantitative estimate of drug-likeness (QED) is 0.499. The smallest absolute Gasteiger partial charge is 0.365 e. The number of rotatable bonds is 4. The van der Waals surface area contributed by atoms with Crippen molar-refractivity contribution in [2.75, 3.05) is 0 Å². The van der Waals surface area contributed by atoms with E-state index in [9.17, 15) is 31.1 Å². The summed E-state index contributed by atoms with van der Waals surface area (Å²) in [7, 11) is 0. The number of benzene rings is 1. The molecule has 29 heavy (non-hydrogen) atoms. The molecule has 2 heterocycles. The minimum Gasteiger partial charge on any atom is -0.365 e. The summed E-state index contributed by atoms with van der Waals surface area (Å²) in [6.45, 7) is 0. The van der Waals surface area contributed by atoms with Crippen LogP contribution in [0.3, 0.4) is 0 Å². The van der Waals surface area contributed by atoms with Gasteiger partial charge < -0.3 is 5.73 Å². The van der Waals surface area contributed by atoms with Gasteiger partial charge in [-0.25, -0.2) is 14.6 Å². The lowest BCUT2D eigenvalue weighted by atomic mass is 10.0. The highest BCUT2D eigenvalue weighted by Crippen LogP contribution is 2.38. The second-order valence-electron chi connectivity index (χ2n) is 5.59. The lowest BCUT2D eigenvalue weighted by molar-refractivity contribution is -0.143. The molecule has 0 aliphatic carbocycles. The summed E-state index contributed by atoms with van der Waals surface area (Å²) >= 11 is 1.10. The van der Waals surface area contributed by atoms with Gasteiger partial charge in [0.2, 0.25) is 0 Å². The summed E-state index contributed by atoms with van der Waals surface area (Å²) in [5.74, 6) is -1.25. The van der Waals surface area contributed by atoms with Crippen LogP contribution < -0.4 is 5.73 Å². The summed E-state index contributed by atoms with van der Waals surface area (Å²) in [5.41, 5.74) is 1.74. The van der Waals surface area contributed by atoms with Crippen LogP contribution in [0.1, 0.15) is 16.1 Å². The third kappa shape index (κ3) is 4.62. The highest BCUT2D eigenvalue weighted by molar-refractivity contribution is 7.11. The molecular formula is C16H9F6N5OS. The summed E-state index contributed by atoms with van der Waals surface area (Å²) in [4.78, 5) is 19.2. The number of hydrogen-bond acceptors (Lipinski definition) is 5. The van der Waals surface area contributed by atoms with Gasteiger partial charge in [-0.15, -0.1) is 16.4 Å². The van der Waals surface area contributed by atoms with Gasteiger partial charge in [0.15, 0.2) is 5.82 Å². The van der Waals surface area contributed by atoms with Gasteiger partial charge in [0.1, 0.15) is 11.3 Å². The monoisotopic (exact) mass is 433 g/mol. The zero-order chi connectivity index (χ0) is 21.4. The lowest BCUT2D eigenvalue weighted by Gasteiger charge is -2.13. The number of halogens is 6. The molecule has 0 saturated heterocycles. The van der Waals surface area contributed by atoms with E-state index in [1.807, 2.05) is 0 Å². The molecular weight excluding hydrogens is 424 g/mol. The minimum atomic E-state index is -5.00. The normalized spacial score (nSPS) is 13.0. The Hall–Kier alpha value is -3.22. The Morgan fingerprint density at radius 3 is 2.14 bits per heavy atom. The van der Waals surface area contributed by atoms with Gasteiger partial charge in [-0.05, 0) is 18.2 Å². The number of nitrogens with zero attached hydrogens (tertiary/aromatic N) is 4. The maximum absolute atomic E-state index is 13.0. The maximum atomic E-state index is 13.0. The molecule has 2 aromatic heterocycles. The molecule has 0 aliphatic heterocycles. The Bertz CT molecular complexity index is 1040. The molecule has 0 saturated carbocycles. The number of carbonyl (C=O) groups excluding carboxylic acids is 1. The number of amides is 1. The molecule has 3 aromatic rings. The summed E-state index contributed by atoms with van der Waals surface area (Å²) in [5, 5.41) is 5.66. The molecule has 6 nitrogen and oxygen atoms in total. The van der Waals surface area contributed by atoms with E-state index in [4.69, 9.17) is 5.73 Å². The maximum Gasteiger partial charge on any atom is 0.416 e. The number of alkyl halides is 6. The van der Waals surface area contributed by atoms with Crippen LogP contribution in [0.15, 0.2) is 36.1 Å². The fourth-order valence-corrected chi connectivity index (χ4v) is 2.92. The average molecular weight is 433 g/mol.